The monoisotopic (exact) mass is 469 g/mol. The van der Waals surface area contributed by atoms with Crippen molar-refractivity contribution in [3.05, 3.63) is 83.7 Å². The molecule has 2 aliphatic rings. The Balaban J connectivity index is 1.34. The van der Waals surface area contributed by atoms with Gasteiger partial charge in [-0.15, -0.1) is 0 Å². The zero-order valence-corrected chi connectivity index (χ0v) is 20.1. The Morgan fingerprint density at radius 2 is 1.63 bits per heavy atom. The summed E-state index contributed by atoms with van der Waals surface area (Å²) in [7, 11) is 0. The van der Waals surface area contributed by atoms with E-state index < -0.39 is 12.1 Å². The maximum atomic E-state index is 13.8. The highest BCUT2D eigenvalue weighted by Crippen LogP contribution is 2.32. The summed E-state index contributed by atoms with van der Waals surface area (Å²) in [6, 6.07) is 17.0. The van der Waals surface area contributed by atoms with Gasteiger partial charge in [-0.25, -0.2) is 9.97 Å². The number of carbonyl (C=O) groups is 2. The number of piperazine rings is 1. The van der Waals surface area contributed by atoms with Gasteiger partial charge in [0, 0.05) is 24.6 Å². The van der Waals surface area contributed by atoms with E-state index in [0.29, 0.717) is 24.8 Å². The van der Waals surface area contributed by atoms with Gasteiger partial charge < -0.3 is 15.5 Å². The van der Waals surface area contributed by atoms with E-state index in [0.717, 1.165) is 24.1 Å². The molecule has 0 saturated carbocycles. The van der Waals surface area contributed by atoms with E-state index in [1.165, 1.54) is 11.1 Å². The molecule has 2 N–H and O–H groups in total. The summed E-state index contributed by atoms with van der Waals surface area (Å²) in [5.74, 6) is 0.891. The average molecular weight is 470 g/mol. The Hall–Kier alpha value is -3.74. The van der Waals surface area contributed by atoms with Crippen LogP contribution in [0.1, 0.15) is 37.0 Å². The molecule has 2 atom stereocenters. The lowest BCUT2D eigenvalue weighted by Crippen LogP contribution is -2.65. The van der Waals surface area contributed by atoms with E-state index in [1.807, 2.05) is 36.4 Å². The van der Waals surface area contributed by atoms with E-state index in [-0.39, 0.29) is 17.7 Å². The highest BCUT2D eigenvalue weighted by Gasteiger charge is 2.45. The quantitative estimate of drug-likeness (QED) is 0.548. The van der Waals surface area contributed by atoms with Crippen LogP contribution < -0.4 is 10.6 Å². The van der Waals surface area contributed by atoms with Gasteiger partial charge in [-0.1, -0.05) is 50.2 Å². The van der Waals surface area contributed by atoms with Crippen LogP contribution in [0, 0.1) is 11.8 Å². The molecule has 1 aromatic heterocycles. The standard InChI is InChI=1S/C28H31N5O2/c1-18(2)14-24-26(34)32-25(22-15-20-6-3-4-7-21(20)16-22)27(35)33(24)17-19-8-10-23(11-9-19)31-28-29-12-5-13-30-28/h3-13,18,22,24-25H,14-17H2,1-2H3,(H,32,34)(H,29,30,31)/t24-,25-/m1/s1. The average Bonchev–Trinajstić information content (AvgIpc) is 3.29. The Morgan fingerprint density at radius 1 is 0.971 bits per heavy atom. The first-order valence-electron chi connectivity index (χ1n) is 12.3. The van der Waals surface area contributed by atoms with Gasteiger partial charge in [0.15, 0.2) is 0 Å². The van der Waals surface area contributed by atoms with Crippen LogP contribution in [0.4, 0.5) is 11.6 Å². The SMILES string of the molecule is CC(C)C[C@@H]1C(=O)N[C@H](C2Cc3ccccc3C2)C(=O)N1Cc1ccc(Nc2ncccn2)cc1. The number of aromatic nitrogens is 2. The zero-order valence-electron chi connectivity index (χ0n) is 20.1. The predicted molar refractivity (Wildman–Crippen MR) is 135 cm³/mol. The van der Waals surface area contributed by atoms with Crippen molar-refractivity contribution in [1.29, 1.82) is 0 Å². The van der Waals surface area contributed by atoms with Gasteiger partial charge >= 0.3 is 0 Å². The minimum Gasteiger partial charge on any atom is -0.342 e. The number of carbonyl (C=O) groups excluding carboxylic acids is 2. The fourth-order valence-corrected chi connectivity index (χ4v) is 5.18. The number of benzene rings is 2. The Morgan fingerprint density at radius 3 is 2.26 bits per heavy atom. The topological polar surface area (TPSA) is 87.2 Å². The van der Waals surface area contributed by atoms with Crippen molar-refractivity contribution in [2.75, 3.05) is 5.32 Å². The lowest BCUT2D eigenvalue weighted by atomic mass is 9.90. The smallest absolute Gasteiger partial charge is 0.246 e. The molecule has 2 aromatic carbocycles. The first kappa shape index (κ1) is 23.0. The first-order chi connectivity index (χ1) is 17.0. The lowest BCUT2D eigenvalue weighted by molar-refractivity contribution is -0.152. The van der Waals surface area contributed by atoms with Crippen molar-refractivity contribution >= 4 is 23.5 Å². The molecule has 0 bridgehead atoms. The van der Waals surface area contributed by atoms with Gasteiger partial charge in [-0.3, -0.25) is 9.59 Å². The Bertz CT molecular complexity index is 1170. The molecule has 5 rings (SSSR count). The molecule has 0 radical (unpaired) electrons. The van der Waals surface area contributed by atoms with E-state index in [4.69, 9.17) is 0 Å². The van der Waals surface area contributed by atoms with Gasteiger partial charge in [-0.2, -0.15) is 0 Å². The molecule has 7 nitrogen and oxygen atoms in total. The van der Waals surface area contributed by atoms with Crippen LogP contribution in [-0.4, -0.2) is 38.8 Å². The molecule has 3 aromatic rings. The number of hydrogen-bond acceptors (Lipinski definition) is 5. The van der Waals surface area contributed by atoms with Crippen molar-refractivity contribution in [1.82, 2.24) is 20.2 Å². The largest absolute Gasteiger partial charge is 0.342 e. The molecule has 1 fully saturated rings. The summed E-state index contributed by atoms with van der Waals surface area (Å²) in [4.78, 5) is 37.2. The molecular formula is C28H31N5O2. The minimum atomic E-state index is -0.491. The fraction of sp³-hybridized carbons (Fsp3) is 0.357. The number of rotatable bonds is 7. The Kier molecular flexibility index (Phi) is 6.49. The molecular weight excluding hydrogens is 438 g/mol. The predicted octanol–water partition coefficient (Wildman–Crippen LogP) is 3.88. The van der Waals surface area contributed by atoms with Crippen LogP contribution >= 0.6 is 0 Å². The van der Waals surface area contributed by atoms with E-state index >= 15 is 0 Å². The van der Waals surface area contributed by atoms with Crippen LogP contribution in [0.3, 0.4) is 0 Å². The van der Waals surface area contributed by atoms with Gasteiger partial charge in [0.2, 0.25) is 17.8 Å². The summed E-state index contributed by atoms with van der Waals surface area (Å²) in [5.41, 5.74) is 4.40. The Labute approximate surface area is 206 Å². The lowest BCUT2D eigenvalue weighted by Gasteiger charge is -2.41. The van der Waals surface area contributed by atoms with Crippen LogP contribution in [0.2, 0.25) is 0 Å². The third-order valence-electron chi connectivity index (χ3n) is 6.90. The van der Waals surface area contributed by atoms with Crippen molar-refractivity contribution in [3.63, 3.8) is 0 Å². The number of anilines is 2. The summed E-state index contributed by atoms with van der Waals surface area (Å²) in [6.45, 7) is 4.57. The molecule has 180 valence electrons. The maximum absolute atomic E-state index is 13.8. The number of fused-ring (bicyclic) bond motifs is 1. The van der Waals surface area contributed by atoms with Crippen molar-refractivity contribution in [2.24, 2.45) is 11.8 Å². The molecule has 7 heteroatoms. The second-order valence-electron chi connectivity index (χ2n) is 9.93. The van der Waals surface area contributed by atoms with Gasteiger partial charge in [0.05, 0.1) is 0 Å². The summed E-state index contributed by atoms with van der Waals surface area (Å²) >= 11 is 0. The normalized spacial score (nSPS) is 20.1. The summed E-state index contributed by atoms with van der Waals surface area (Å²) in [5, 5.41) is 6.27. The molecule has 1 aliphatic carbocycles. The van der Waals surface area contributed by atoms with Crippen molar-refractivity contribution in [3.8, 4) is 0 Å². The molecule has 1 saturated heterocycles. The highest BCUT2D eigenvalue weighted by atomic mass is 16.2. The molecule has 1 aliphatic heterocycles. The molecule has 0 spiro atoms. The number of hydrogen-bond donors (Lipinski definition) is 2. The van der Waals surface area contributed by atoms with Crippen molar-refractivity contribution < 1.29 is 9.59 Å². The van der Waals surface area contributed by atoms with Gasteiger partial charge in [-0.05, 0) is 66.0 Å². The third kappa shape index (κ3) is 5.04. The second-order valence-corrected chi connectivity index (χ2v) is 9.93. The van der Waals surface area contributed by atoms with Gasteiger partial charge in [0.1, 0.15) is 12.1 Å². The minimum absolute atomic E-state index is 0.0212. The molecule has 2 heterocycles. The zero-order chi connectivity index (χ0) is 24.4. The van der Waals surface area contributed by atoms with E-state index in [1.54, 1.807) is 23.4 Å². The number of nitrogens with zero attached hydrogens (tertiary/aromatic N) is 3. The molecule has 35 heavy (non-hydrogen) atoms. The molecule has 2 amide bonds. The second kappa shape index (κ2) is 9.86. The summed E-state index contributed by atoms with van der Waals surface area (Å²) in [6.07, 6.45) is 5.64. The van der Waals surface area contributed by atoms with Crippen LogP contribution in [0.25, 0.3) is 0 Å². The van der Waals surface area contributed by atoms with Gasteiger partial charge in [0.25, 0.3) is 0 Å². The van der Waals surface area contributed by atoms with E-state index in [9.17, 15) is 9.59 Å². The third-order valence-corrected chi connectivity index (χ3v) is 6.90. The number of nitrogens with one attached hydrogen (secondary N) is 2. The first-order valence-corrected chi connectivity index (χ1v) is 12.3. The van der Waals surface area contributed by atoms with Crippen LogP contribution in [-0.2, 0) is 29.0 Å². The molecule has 0 unspecified atom stereocenters. The fourth-order valence-electron chi connectivity index (χ4n) is 5.18. The van der Waals surface area contributed by atoms with Crippen LogP contribution in [0.5, 0.6) is 0 Å². The van der Waals surface area contributed by atoms with Crippen LogP contribution in [0.15, 0.2) is 67.0 Å². The number of amides is 2. The van der Waals surface area contributed by atoms with Crippen molar-refractivity contribution in [2.45, 2.75) is 51.7 Å². The summed E-state index contributed by atoms with van der Waals surface area (Å²) < 4.78 is 0. The van der Waals surface area contributed by atoms with E-state index in [2.05, 4.69) is 46.6 Å². The maximum Gasteiger partial charge on any atom is 0.246 e. The highest BCUT2D eigenvalue weighted by molar-refractivity contribution is 5.97.